The molecule has 2 nitrogen and oxygen atoms in total. The van der Waals surface area contributed by atoms with E-state index in [1.807, 2.05) is 0 Å². The average Bonchev–Trinajstić information content (AvgIpc) is 2.81. The zero-order chi connectivity index (χ0) is 12.4. The quantitative estimate of drug-likeness (QED) is 0.780. The molecular weight excluding hydrogens is 222 g/mol. The first-order chi connectivity index (χ1) is 8.85. The summed E-state index contributed by atoms with van der Waals surface area (Å²) in [4.78, 5) is 0. The highest BCUT2D eigenvalue weighted by Crippen LogP contribution is 2.54. The SMILES string of the molecule is CCOC1CC(NCCC2CCC2)C12CCCC2. The number of hydrogen-bond acceptors (Lipinski definition) is 2. The first-order valence-electron chi connectivity index (χ1n) is 8.20. The third kappa shape index (κ3) is 2.22. The van der Waals surface area contributed by atoms with E-state index in [1.54, 1.807) is 0 Å². The fraction of sp³-hybridized carbons (Fsp3) is 1.00. The van der Waals surface area contributed by atoms with Crippen molar-refractivity contribution in [3.63, 3.8) is 0 Å². The lowest BCUT2D eigenvalue weighted by Gasteiger charge is -2.54. The summed E-state index contributed by atoms with van der Waals surface area (Å²) in [5, 5.41) is 3.86. The molecule has 0 aromatic carbocycles. The van der Waals surface area contributed by atoms with Gasteiger partial charge in [-0.3, -0.25) is 0 Å². The number of ether oxygens (including phenoxy) is 1. The lowest BCUT2D eigenvalue weighted by Crippen LogP contribution is -2.62. The Morgan fingerprint density at radius 1 is 1.17 bits per heavy atom. The van der Waals surface area contributed by atoms with Crippen LogP contribution in [0.3, 0.4) is 0 Å². The predicted octanol–water partition coefficient (Wildman–Crippen LogP) is 3.50. The van der Waals surface area contributed by atoms with Crippen molar-refractivity contribution in [1.82, 2.24) is 5.32 Å². The Kier molecular flexibility index (Phi) is 3.95. The molecule has 1 spiro atoms. The van der Waals surface area contributed by atoms with Crippen LogP contribution in [0.4, 0.5) is 0 Å². The Morgan fingerprint density at radius 3 is 2.56 bits per heavy atom. The molecule has 1 N–H and O–H groups in total. The van der Waals surface area contributed by atoms with Crippen LogP contribution in [-0.2, 0) is 4.74 Å². The fourth-order valence-electron chi connectivity index (χ4n) is 4.42. The summed E-state index contributed by atoms with van der Waals surface area (Å²) < 4.78 is 5.97. The summed E-state index contributed by atoms with van der Waals surface area (Å²) in [6, 6.07) is 0.761. The van der Waals surface area contributed by atoms with Crippen molar-refractivity contribution < 1.29 is 4.74 Å². The van der Waals surface area contributed by atoms with Gasteiger partial charge in [0.05, 0.1) is 6.10 Å². The van der Waals surface area contributed by atoms with Gasteiger partial charge in [0.25, 0.3) is 0 Å². The van der Waals surface area contributed by atoms with Crippen molar-refractivity contribution >= 4 is 0 Å². The lowest BCUT2D eigenvalue weighted by molar-refractivity contribution is -0.130. The van der Waals surface area contributed by atoms with Gasteiger partial charge in [0.1, 0.15) is 0 Å². The zero-order valence-electron chi connectivity index (χ0n) is 11.9. The summed E-state index contributed by atoms with van der Waals surface area (Å²) in [7, 11) is 0. The lowest BCUT2D eigenvalue weighted by atomic mass is 9.60. The summed E-state index contributed by atoms with van der Waals surface area (Å²) in [5.74, 6) is 1.04. The molecule has 0 radical (unpaired) electrons. The average molecular weight is 251 g/mol. The Balaban J connectivity index is 1.46. The molecule has 0 aromatic heterocycles. The van der Waals surface area contributed by atoms with Crippen molar-refractivity contribution in [1.29, 1.82) is 0 Å². The second-order valence-electron chi connectivity index (χ2n) is 6.71. The van der Waals surface area contributed by atoms with E-state index in [-0.39, 0.29) is 0 Å². The molecule has 2 unspecified atom stereocenters. The van der Waals surface area contributed by atoms with Gasteiger partial charge in [0, 0.05) is 18.1 Å². The van der Waals surface area contributed by atoms with E-state index in [0.717, 1.165) is 18.6 Å². The van der Waals surface area contributed by atoms with Gasteiger partial charge in [-0.25, -0.2) is 0 Å². The van der Waals surface area contributed by atoms with Crippen LogP contribution in [0.25, 0.3) is 0 Å². The highest BCUT2D eigenvalue weighted by molar-refractivity contribution is 5.09. The third-order valence-corrected chi connectivity index (χ3v) is 5.86. The van der Waals surface area contributed by atoms with E-state index in [0.29, 0.717) is 11.5 Å². The minimum absolute atomic E-state index is 0.523. The molecule has 18 heavy (non-hydrogen) atoms. The van der Waals surface area contributed by atoms with Crippen LogP contribution in [0.5, 0.6) is 0 Å². The molecule has 0 heterocycles. The highest BCUT2D eigenvalue weighted by atomic mass is 16.5. The molecule has 3 rings (SSSR count). The van der Waals surface area contributed by atoms with Crippen LogP contribution < -0.4 is 5.32 Å². The third-order valence-electron chi connectivity index (χ3n) is 5.86. The van der Waals surface area contributed by atoms with Crippen molar-refractivity contribution in [2.75, 3.05) is 13.2 Å². The van der Waals surface area contributed by atoms with Crippen LogP contribution in [0.15, 0.2) is 0 Å². The maximum Gasteiger partial charge on any atom is 0.0661 e. The normalized spacial score (nSPS) is 34.5. The molecule has 2 atom stereocenters. The molecule has 3 saturated carbocycles. The summed E-state index contributed by atoms with van der Waals surface area (Å²) in [6.07, 6.45) is 13.3. The van der Waals surface area contributed by atoms with E-state index in [2.05, 4.69) is 12.2 Å². The minimum Gasteiger partial charge on any atom is -0.378 e. The monoisotopic (exact) mass is 251 g/mol. The second kappa shape index (κ2) is 5.50. The molecule has 0 bridgehead atoms. The molecular formula is C16H29NO. The fourth-order valence-corrected chi connectivity index (χ4v) is 4.42. The molecule has 3 aliphatic carbocycles. The van der Waals surface area contributed by atoms with E-state index < -0.39 is 0 Å². The summed E-state index contributed by atoms with van der Waals surface area (Å²) in [5.41, 5.74) is 0.523. The van der Waals surface area contributed by atoms with Gasteiger partial charge in [-0.15, -0.1) is 0 Å². The van der Waals surface area contributed by atoms with Gasteiger partial charge in [-0.1, -0.05) is 32.1 Å². The van der Waals surface area contributed by atoms with Crippen molar-refractivity contribution in [3.05, 3.63) is 0 Å². The molecule has 2 heteroatoms. The molecule has 0 aliphatic heterocycles. The summed E-state index contributed by atoms with van der Waals surface area (Å²) >= 11 is 0. The maximum absolute atomic E-state index is 5.97. The standard InChI is InChI=1S/C16H29NO/c1-2-18-15-12-14(16(15)9-3-4-10-16)17-11-8-13-6-5-7-13/h13-15,17H,2-12H2,1H3. The molecule has 0 saturated heterocycles. The highest BCUT2D eigenvalue weighted by Gasteiger charge is 2.56. The zero-order valence-corrected chi connectivity index (χ0v) is 11.9. The molecule has 0 aromatic rings. The van der Waals surface area contributed by atoms with Crippen LogP contribution in [0.1, 0.15) is 64.7 Å². The summed E-state index contributed by atoms with van der Waals surface area (Å²) in [6.45, 7) is 4.27. The van der Waals surface area contributed by atoms with Crippen LogP contribution >= 0.6 is 0 Å². The first-order valence-corrected chi connectivity index (χ1v) is 8.20. The van der Waals surface area contributed by atoms with E-state index in [4.69, 9.17) is 4.74 Å². The second-order valence-corrected chi connectivity index (χ2v) is 6.71. The van der Waals surface area contributed by atoms with Gasteiger partial charge in [-0.05, 0) is 45.1 Å². The van der Waals surface area contributed by atoms with E-state index in [9.17, 15) is 0 Å². The maximum atomic E-state index is 5.97. The Bertz CT molecular complexity index is 268. The topological polar surface area (TPSA) is 21.3 Å². The van der Waals surface area contributed by atoms with Crippen molar-refractivity contribution in [2.45, 2.75) is 76.9 Å². The molecule has 3 aliphatic rings. The van der Waals surface area contributed by atoms with Crippen molar-refractivity contribution in [2.24, 2.45) is 11.3 Å². The van der Waals surface area contributed by atoms with E-state index >= 15 is 0 Å². The number of hydrogen-bond donors (Lipinski definition) is 1. The first kappa shape index (κ1) is 12.9. The smallest absolute Gasteiger partial charge is 0.0661 e. The molecule has 104 valence electrons. The Hall–Kier alpha value is -0.0800. The van der Waals surface area contributed by atoms with Gasteiger partial charge < -0.3 is 10.1 Å². The van der Waals surface area contributed by atoms with Gasteiger partial charge in [-0.2, -0.15) is 0 Å². The van der Waals surface area contributed by atoms with Crippen molar-refractivity contribution in [3.8, 4) is 0 Å². The Morgan fingerprint density at radius 2 is 1.94 bits per heavy atom. The molecule has 0 amide bonds. The van der Waals surface area contributed by atoms with E-state index in [1.165, 1.54) is 64.3 Å². The molecule has 3 fully saturated rings. The van der Waals surface area contributed by atoms with Crippen LogP contribution in [0.2, 0.25) is 0 Å². The minimum atomic E-state index is 0.523. The van der Waals surface area contributed by atoms with Crippen LogP contribution in [-0.4, -0.2) is 25.3 Å². The van der Waals surface area contributed by atoms with Gasteiger partial charge in [0.15, 0.2) is 0 Å². The predicted molar refractivity (Wildman–Crippen MR) is 74.7 cm³/mol. The number of nitrogens with one attached hydrogen (secondary N) is 1. The largest absolute Gasteiger partial charge is 0.378 e. The van der Waals surface area contributed by atoms with Crippen LogP contribution in [0, 0.1) is 11.3 Å². The van der Waals surface area contributed by atoms with Gasteiger partial charge in [0.2, 0.25) is 0 Å². The number of rotatable bonds is 6. The Labute approximate surface area is 112 Å². The van der Waals surface area contributed by atoms with Gasteiger partial charge >= 0.3 is 0 Å².